The average Bonchev–Trinajstić information content (AvgIpc) is 3.61. The predicted molar refractivity (Wildman–Crippen MR) is 151 cm³/mol. The molecular weight excluding hydrogens is 553 g/mol. The first-order valence-corrected chi connectivity index (χ1v) is 13.7. The van der Waals surface area contributed by atoms with Crippen molar-refractivity contribution in [2.45, 2.75) is 37.3 Å². The SMILES string of the molecule is CC1S/C(=N\N=C\c2ccc(-c3ncn(-c4ccc(OC(F)(F)F)cc4)n3)cc2)N(c2ccccc2C2CC2)C1=O. The van der Waals surface area contributed by atoms with Crippen LogP contribution in [0.1, 0.15) is 36.8 Å². The highest BCUT2D eigenvalue weighted by Crippen LogP contribution is 2.46. The van der Waals surface area contributed by atoms with Crippen molar-refractivity contribution in [1.82, 2.24) is 14.8 Å². The van der Waals surface area contributed by atoms with E-state index < -0.39 is 6.36 Å². The molecule has 2 fully saturated rings. The molecule has 1 aromatic heterocycles. The molecule has 0 N–H and O–H groups in total. The summed E-state index contributed by atoms with van der Waals surface area (Å²) in [5.74, 6) is 0.623. The van der Waals surface area contributed by atoms with Crippen LogP contribution in [0.3, 0.4) is 0 Å². The van der Waals surface area contributed by atoms with Crippen molar-refractivity contribution in [3.05, 3.63) is 90.3 Å². The van der Waals surface area contributed by atoms with Crippen molar-refractivity contribution in [2.24, 2.45) is 10.2 Å². The third kappa shape index (κ3) is 6.02. The molecule has 12 heteroatoms. The van der Waals surface area contributed by atoms with Gasteiger partial charge in [0.15, 0.2) is 11.0 Å². The molecule has 41 heavy (non-hydrogen) atoms. The number of aromatic nitrogens is 3. The monoisotopic (exact) mass is 576 g/mol. The van der Waals surface area contributed by atoms with Crippen LogP contribution in [0, 0.1) is 0 Å². The zero-order valence-corrected chi connectivity index (χ0v) is 22.5. The van der Waals surface area contributed by atoms with Crippen LogP contribution in [-0.4, -0.2) is 43.7 Å². The lowest BCUT2D eigenvalue weighted by atomic mass is 10.1. The molecule has 6 rings (SSSR count). The number of benzene rings is 3. The number of halogens is 3. The molecule has 0 radical (unpaired) electrons. The Hall–Kier alpha value is -4.45. The number of alkyl halides is 3. The first kappa shape index (κ1) is 26.8. The fourth-order valence-corrected chi connectivity index (χ4v) is 5.35. The highest BCUT2D eigenvalue weighted by molar-refractivity contribution is 8.16. The largest absolute Gasteiger partial charge is 0.573 e. The van der Waals surface area contributed by atoms with E-state index >= 15 is 0 Å². The summed E-state index contributed by atoms with van der Waals surface area (Å²) in [6.07, 6.45) is 0.612. The van der Waals surface area contributed by atoms with Crippen LogP contribution in [0.5, 0.6) is 5.75 Å². The van der Waals surface area contributed by atoms with E-state index in [1.54, 1.807) is 11.1 Å². The Kier molecular flexibility index (Phi) is 7.08. The van der Waals surface area contributed by atoms with Crippen LogP contribution in [0.25, 0.3) is 17.1 Å². The second kappa shape index (κ2) is 10.8. The number of carbonyl (C=O) groups is 1. The zero-order chi connectivity index (χ0) is 28.6. The van der Waals surface area contributed by atoms with Crippen LogP contribution >= 0.6 is 11.8 Å². The van der Waals surface area contributed by atoms with Gasteiger partial charge in [0, 0.05) is 5.56 Å². The molecule has 4 aromatic rings. The van der Waals surface area contributed by atoms with Crippen LogP contribution in [0.2, 0.25) is 0 Å². The van der Waals surface area contributed by atoms with Crippen molar-refractivity contribution in [3.63, 3.8) is 0 Å². The lowest BCUT2D eigenvalue weighted by molar-refractivity contribution is -0.274. The molecule has 2 heterocycles. The number of rotatable bonds is 7. The molecule has 8 nitrogen and oxygen atoms in total. The van der Waals surface area contributed by atoms with E-state index in [-0.39, 0.29) is 16.9 Å². The predicted octanol–water partition coefficient (Wildman–Crippen LogP) is 6.57. The molecule has 1 saturated heterocycles. The van der Waals surface area contributed by atoms with Gasteiger partial charge in [-0.15, -0.1) is 23.4 Å². The standard InChI is InChI=1S/C29H23F3N6O2S/c1-18-27(39)38(25-5-3-2-4-24(25)20-10-11-20)28(41-18)35-34-16-19-6-8-21(9-7-19)26-33-17-37(36-26)22-12-14-23(15-13-22)40-29(30,31)32/h2-9,12-18,20H,10-11H2,1H3/b34-16+,35-28-. The van der Waals surface area contributed by atoms with Gasteiger partial charge < -0.3 is 4.74 Å². The minimum Gasteiger partial charge on any atom is -0.406 e. The Morgan fingerprint density at radius 1 is 1.02 bits per heavy atom. The van der Waals surface area contributed by atoms with Crippen LogP contribution in [0.15, 0.2) is 89.3 Å². The van der Waals surface area contributed by atoms with Crippen molar-refractivity contribution < 1.29 is 22.7 Å². The summed E-state index contributed by atoms with van der Waals surface area (Å²) >= 11 is 1.39. The van der Waals surface area contributed by atoms with E-state index in [0.717, 1.165) is 29.7 Å². The molecule has 0 bridgehead atoms. The van der Waals surface area contributed by atoms with E-state index in [1.807, 2.05) is 49.4 Å². The number of anilines is 1. The van der Waals surface area contributed by atoms with Crippen molar-refractivity contribution >= 4 is 34.7 Å². The quantitative estimate of drug-likeness (QED) is 0.184. The lowest BCUT2D eigenvalue weighted by Gasteiger charge is -2.19. The Morgan fingerprint density at radius 3 is 2.46 bits per heavy atom. The number of nitrogens with zero attached hydrogens (tertiary/aromatic N) is 6. The number of thioether (sulfide) groups is 1. The first-order valence-electron chi connectivity index (χ1n) is 12.8. The number of amides is 1. The molecule has 1 unspecified atom stereocenters. The number of hydrogen-bond acceptors (Lipinski definition) is 7. The van der Waals surface area contributed by atoms with Gasteiger partial charge >= 0.3 is 6.36 Å². The van der Waals surface area contributed by atoms with Crippen molar-refractivity contribution in [3.8, 4) is 22.8 Å². The Bertz CT molecular complexity index is 1630. The number of amidine groups is 1. The van der Waals surface area contributed by atoms with Gasteiger partial charge in [-0.3, -0.25) is 9.69 Å². The third-order valence-corrected chi connectivity index (χ3v) is 7.61. The summed E-state index contributed by atoms with van der Waals surface area (Å²) < 4.78 is 42.5. The highest BCUT2D eigenvalue weighted by Gasteiger charge is 2.39. The second-order valence-electron chi connectivity index (χ2n) is 9.57. The molecular formula is C29H23F3N6O2S. The second-order valence-corrected chi connectivity index (χ2v) is 10.9. The summed E-state index contributed by atoms with van der Waals surface area (Å²) in [5.41, 5.74) is 4.13. The van der Waals surface area contributed by atoms with E-state index in [1.165, 1.54) is 52.6 Å². The Balaban J connectivity index is 1.15. The summed E-state index contributed by atoms with van der Waals surface area (Å²) in [7, 11) is 0. The van der Waals surface area contributed by atoms with Gasteiger partial charge in [-0.1, -0.05) is 54.2 Å². The molecule has 1 aliphatic carbocycles. The fourth-order valence-electron chi connectivity index (χ4n) is 4.44. The Labute approximate surface area is 237 Å². The molecule has 1 aliphatic heterocycles. The number of hydrogen-bond donors (Lipinski definition) is 0. The van der Waals surface area contributed by atoms with E-state index in [0.29, 0.717) is 22.6 Å². The first-order chi connectivity index (χ1) is 19.7. The third-order valence-electron chi connectivity index (χ3n) is 6.58. The van der Waals surface area contributed by atoms with E-state index in [9.17, 15) is 18.0 Å². The maximum atomic E-state index is 13.0. The number of ether oxygens (including phenoxy) is 1. The topological polar surface area (TPSA) is 85.0 Å². The van der Waals surface area contributed by atoms with Gasteiger partial charge in [0.25, 0.3) is 0 Å². The minimum atomic E-state index is -4.75. The molecule has 1 amide bonds. The van der Waals surface area contributed by atoms with Crippen LogP contribution < -0.4 is 9.64 Å². The normalized spacial score (nSPS) is 18.5. The Morgan fingerprint density at radius 2 is 1.76 bits per heavy atom. The number of para-hydroxylation sites is 1. The average molecular weight is 577 g/mol. The molecule has 1 atom stereocenters. The fraction of sp³-hybridized carbons (Fsp3) is 0.207. The lowest BCUT2D eigenvalue weighted by Crippen LogP contribution is -2.32. The summed E-state index contributed by atoms with van der Waals surface area (Å²) in [5, 5.41) is 13.4. The summed E-state index contributed by atoms with van der Waals surface area (Å²) in [6, 6.07) is 20.7. The van der Waals surface area contributed by atoms with E-state index in [2.05, 4.69) is 31.1 Å². The van der Waals surface area contributed by atoms with Gasteiger partial charge in [0.1, 0.15) is 12.1 Å². The van der Waals surface area contributed by atoms with Gasteiger partial charge in [0.05, 0.1) is 22.8 Å². The molecule has 3 aromatic carbocycles. The summed E-state index contributed by atoms with van der Waals surface area (Å²) in [6.45, 7) is 1.87. The van der Waals surface area contributed by atoms with Crippen molar-refractivity contribution in [2.75, 3.05) is 4.90 Å². The van der Waals surface area contributed by atoms with Crippen molar-refractivity contribution in [1.29, 1.82) is 0 Å². The smallest absolute Gasteiger partial charge is 0.406 e. The highest BCUT2D eigenvalue weighted by atomic mass is 32.2. The molecule has 2 aliphatic rings. The van der Waals surface area contributed by atoms with E-state index in [4.69, 9.17) is 0 Å². The zero-order valence-electron chi connectivity index (χ0n) is 21.7. The van der Waals surface area contributed by atoms with Crippen LogP contribution in [-0.2, 0) is 4.79 Å². The maximum absolute atomic E-state index is 13.0. The summed E-state index contributed by atoms with van der Waals surface area (Å²) in [4.78, 5) is 19.0. The molecule has 1 saturated carbocycles. The van der Waals surface area contributed by atoms with Gasteiger partial charge in [-0.2, -0.15) is 5.10 Å². The van der Waals surface area contributed by atoms with Crippen LogP contribution in [0.4, 0.5) is 18.9 Å². The molecule has 208 valence electrons. The maximum Gasteiger partial charge on any atom is 0.573 e. The number of carbonyl (C=O) groups excluding carboxylic acids is 1. The van der Waals surface area contributed by atoms with Gasteiger partial charge in [-0.25, -0.2) is 9.67 Å². The van der Waals surface area contributed by atoms with Gasteiger partial charge in [0.2, 0.25) is 5.91 Å². The molecule has 0 spiro atoms. The minimum absolute atomic E-state index is 0.000997. The van der Waals surface area contributed by atoms with Gasteiger partial charge in [-0.05, 0) is 67.1 Å².